The highest BCUT2D eigenvalue weighted by Gasteiger charge is 2.74. The first kappa shape index (κ1) is 28.9. The van der Waals surface area contributed by atoms with Crippen LogP contribution >= 0.6 is 11.8 Å². The fraction of sp³-hybridized carbons (Fsp3) is 0.594. The SMILES string of the molecule is CC(C)C[C@H](CO)N1C(=O)[C@@H]2[C@H]3C(=O)N(Cc4ccccc4)CC=C[C@@]3(C)S[C@@]23C=CCN(C(C)(C)C)C(=O)C13. The fourth-order valence-electron chi connectivity index (χ4n) is 7.27. The molecule has 0 saturated carbocycles. The Morgan fingerprint density at radius 2 is 1.65 bits per heavy atom. The minimum atomic E-state index is -0.909. The second-order valence-corrected chi connectivity index (χ2v) is 15.1. The van der Waals surface area contributed by atoms with E-state index in [2.05, 4.69) is 26.0 Å². The zero-order valence-electron chi connectivity index (χ0n) is 24.5. The number of carbonyl (C=O) groups is 3. The summed E-state index contributed by atoms with van der Waals surface area (Å²) in [5, 5.41) is 10.5. The summed E-state index contributed by atoms with van der Waals surface area (Å²) in [4.78, 5) is 49.0. The molecule has 1 aromatic rings. The number of nitrogens with zero attached hydrogens (tertiary/aromatic N) is 3. The van der Waals surface area contributed by atoms with Crippen molar-refractivity contribution in [2.45, 2.75) is 81.6 Å². The van der Waals surface area contributed by atoms with Gasteiger partial charge in [0.15, 0.2) is 0 Å². The van der Waals surface area contributed by atoms with Crippen LogP contribution in [-0.4, -0.2) is 84.3 Å². The normalized spacial score (nSPS) is 32.8. The van der Waals surface area contributed by atoms with Crippen molar-refractivity contribution < 1.29 is 19.5 Å². The molecule has 0 aromatic heterocycles. The molecule has 7 nitrogen and oxygen atoms in total. The van der Waals surface area contributed by atoms with E-state index in [0.29, 0.717) is 26.1 Å². The second kappa shape index (κ2) is 10.4. The minimum absolute atomic E-state index is 0.0538. The molecule has 4 aliphatic rings. The highest BCUT2D eigenvalue weighted by atomic mass is 32.2. The predicted octanol–water partition coefficient (Wildman–Crippen LogP) is 3.88. The van der Waals surface area contributed by atoms with Crippen LogP contribution in [0.15, 0.2) is 54.6 Å². The first-order valence-corrected chi connectivity index (χ1v) is 15.3. The first-order chi connectivity index (χ1) is 18.8. The molecule has 4 heterocycles. The minimum Gasteiger partial charge on any atom is -0.394 e. The van der Waals surface area contributed by atoms with Crippen molar-refractivity contribution in [2.75, 3.05) is 19.7 Å². The van der Waals surface area contributed by atoms with Gasteiger partial charge in [-0.05, 0) is 45.6 Å². The maximum Gasteiger partial charge on any atom is 0.247 e. The van der Waals surface area contributed by atoms with Crippen LogP contribution < -0.4 is 0 Å². The van der Waals surface area contributed by atoms with E-state index in [1.165, 1.54) is 0 Å². The standard InChI is InChI=1S/C32H43N3O4S/c1-21(2)18-23(20-36)35-26-29(39)34(30(3,4)5)17-11-15-32(26)25(28(35)38)24-27(37)33(16-10-14-31(24,6)40-32)19-22-12-8-7-9-13-22/h7-15,21,23-26,36H,16-20H2,1-6H3/t23-,24+,25+,26?,31-,32+/m1/s1. The van der Waals surface area contributed by atoms with Gasteiger partial charge in [-0.25, -0.2) is 0 Å². The van der Waals surface area contributed by atoms with Crippen LogP contribution in [0.25, 0.3) is 0 Å². The first-order valence-electron chi connectivity index (χ1n) is 14.5. The molecule has 6 atom stereocenters. The molecule has 3 amide bonds. The highest BCUT2D eigenvalue weighted by Crippen LogP contribution is 2.66. The van der Waals surface area contributed by atoms with Crippen LogP contribution in [0.1, 0.15) is 53.5 Å². The average Bonchev–Trinajstić information content (AvgIpc) is 3.15. The third kappa shape index (κ3) is 4.61. The van der Waals surface area contributed by atoms with Crippen LogP contribution in [0.5, 0.6) is 0 Å². The summed E-state index contributed by atoms with van der Waals surface area (Å²) >= 11 is 1.60. The van der Waals surface area contributed by atoms with Crippen molar-refractivity contribution >= 4 is 29.5 Å². The zero-order valence-corrected chi connectivity index (χ0v) is 25.4. The number of amides is 3. The Hall–Kier alpha value is -2.58. The Balaban J connectivity index is 1.63. The highest BCUT2D eigenvalue weighted by molar-refractivity contribution is 8.02. The molecule has 0 bridgehead atoms. The second-order valence-electron chi connectivity index (χ2n) is 13.3. The molecule has 5 rings (SSSR count). The van der Waals surface area contributed by atoms with E-state index in [1.807, 2.05) is 80.0 Å². The number of hydrogen-bond donors (Lipinski definition) is 1. The molecule has 4 aliphatic heterocycles. The van der Waals surface area contributed by atoms with Gasteiger partial charge in [0.2, 0.25) is 17.7 Å². The fourth-order valence-corrected chi connectivity index (χ4v) is 9.42. The number of fused-ring (bicyclic) bond motifs is 2. The Morgan fingerprint density at radius 1 is 0.975 bits per heavy atom. The van der Waals surface area contributed by atoms with E-state index in [0.717, 1.165) is 5.56 Å². The Bertz CT molecular complexity index is 1220. The Morgan fingerprint density at radius 3 is 2.27 bits per heavy atom. The van der Waals surface area contributed by atoms with E-state index in [-0.39, 0.29) is 30.2 Å². The lowest BCUT2D eigenvalue weighted by atomic mass is 9.74. The largest absolute Gasteiger partial charge is 0.394 e. The molecule has 1 N–H and O–H groups in total. The van der Waals surface area contributed by atoms with E-state index in [1.54, 1.807) is 16.7 Å². The molecule has 40 heavy (non-hydrogen) atoms. The lowest BCUT2D eigenvalue weighted by Crippen LogP contribution is -2.59. The topological polar surface area (TPSA) is 81.2 Å². The monoisotopic (exact) mass is 565 g/mol. The van der Waals surface area contributed by atoms with Gasteiger partial charge in [-0.15, -0.1) is 11.8 Å². The van der Waals surface area contributed by atoms with Gasteiger partial charge >= 0.3 is 0 Å². The van der Waals surface area contributed by atoms with Crippen molar-refractivity contribution in [3.05, 3.63) is 60.2 Å². The molecular weight excluding hydrogens is 522 g/mol. The summed E-state index contributed by atoms with van der Waals surface area (Å²) < 4.78 is -1.56. The molecule has 1 unspecified atom stereocenters. The summed E-state index contributed by atoms with van der Waals surface area (Å²) in [6.07, 6.45) is 8.79. The number of thioether (sulfide) groups is 1. The molecule has 1 aromatic carbocycles. The summed E-state index contributed by atoms with van der Waals surface area (Å²) in [6, 6.07) is 8.61. The number of aliphatic hydroxyl groups is 1. The molecule has 216 valence electrons. The van der Waals surface area contributed by atoms with E-state index < -0.39 is 39.0 Å². The van der Waals surface area contributed by atoms with Crippen LogP contribution in [0.4, 0.5) is 0 Å². The number of hydrogen-bond acceptors (Lipinski definition) is 5. The van der Waals surface area contributed by atoms with Gasteiger partial charge in [-0.2, -0.15) is 0 Å². The van der Waals surface area contributed by atoms with Gasteiger partial charge in [0, 0.05) is 29.9 Å². The Kier molecular flexibility index (Phi) is 7.49. The van der Waals surface area contributed by atoms with Gasteiger partial charge in [0.1, 0.15) is 6.04 Å². The maximum atomic E-state index is 14.7. The van der Waals surface area contributed by atoms with Crippen LogP contribution in [0.2, 0.25) is 0 Å². The van der Waals surface area contributed by atoms with Gasteiger partial charge < -0.3 is 19.8 Å². The third-order valence-corrected chi connectivity index (χ3v) is 10.7. The molecule has 1 spiro atoms. The van der Waals surface area contributed by atoms with Gasteiger partial charge in [0.05, 0.1) is 29.2 Å². The molecule has 2 fully saturated rings. The summed E-state index contributed by atoms with van der Waals surface area (Å²) in [5.41, 5.74) is 0.583. The van der Waals surface area contributed by atoms with Gasteiger partial charge in [-0.1, -0.05) is 68.5 Å². The number of rotatable bonds is 6. The molecule has 8 heteroatoms. The smallest absolute Gasteiger partial charge is 0.247 e. The number of carbonyl (C=O) groups excluding carboxylic acids is 3. The summed E-state index contributed by atoms with van der Waals surface area (Å²) in [5.74, 6) is -1.47. The van der Waals surface area contributed by atoms with E-state index in [4.69, 9.17) is 0 Å². The molecular formula is C32H43N3O4S. The third-order valence-electron chi connectivity index (χ3n) is 8.95. The average molecular weight is 566 g/mol. The van der Waals surface area contributed by atoms with Crippen molar-refractivity contribution in [3.63, 3.8) is 0 Å². The van der Waals surface area contributed by atoms with Crippen LogP contribution in [0.3, 0.4) is 0 Å². The molecule has 0 aliphatic carbocycles. The van der Waals surface area contributed by atoms with Crippen LogP contribution in [0, 0.1) is 17.8 Å². The summed E-state index contributed by atoms with van der Waals surface area (Å²) in [6.45, 7) is 13.3. The molecule has 2 saturated heterocycles. The summed E-state index contributed by atoms with van der Waals surface area (Å²) in [7, 11) is 0. The quantitative estimate of drug-likeness (QED) is 0.530. The van der Waals surface area contributed by atoms with E-state index in [9.17, 15) is 19.5 Å². The number of likely N-dealkylation sites (tertiary alicyclic amines) is 1. The number of aliphatic hydroxyl groups excluding tert-OH is 1. The van der Waals surface area contributed by atoms with Crippen molar-refractivity contribution in [2.24, 2.45) is 17.8 Å². The van der Waals surface area contributed by atoms with Crippen molar-refractivity contribution in [1.82, 2.24) is 14.7 Å². The lowest BCUT2D eigenvalue weighted by molar-refractivity contribution is -0.149. The van der Waals surface area contributed by atoms with Crippen molar-refractivity contribution in [1.29, 1.82) is 0 Å². The molecule has 0 radical (unpaired) electrons. The lowest BCUT2D eigenvalue weighted by Gasteiger charge is -2.43. The van der Waals surface area contributed by atoms with Crippen LogP contribution in [-0.2, 0) is 20.9 Å². The number of benzene rings is 1. The zero-order chi connectivity index (χ0) is 29.0. The van der Waals surface area contributed by atoms with Gasteiger partial charge in [0.25, 0.3) is 0 Å². The van der Waals surface area contributed by atoms with E-state index >= 15 is 0 Å². The van der Waals surface area contributed by atoms with Crippen molar-refractivity contribution in [3.8, 4) is 0 Å². The maximum absolute atomic E-state index is 14.7. The Labute approximate surface area is 242 Å². The van der Waals surface area contributed by atoms with Gasteiger partial charge in [-0.3, -0.25) is 14.4 Å². The predicted molar refractivity (Wildman–Crippen MR) is 158 cm³/mol.